The zero-order valence-electron chi connectivity index (χ0n) is 12.4. The van der Waals surface area contributed by atoms with Crippen molar-refractivity contribution in [2.75, 3.05) is 7.11 Å². The second-order valence-electron chi connectivity index (χ2n) is 2.50. The van der Waals surface area contributed by atoms with Crippen molar-refractivity contribution < 1.29 is 47.4 Å². The molecule has 1 aromatic rings. The SMILES string of the molecule is CO[C](=[W])C#C/C=C/c1ccccc1.[C-]#[O+].[C-]#[O+].[C-]#[O+].[C-]#[O+].[C-]#[O+]. The Kier molecular flexibility index (Phi) is 59.5. The van der Waals surface area contributed by atoms with Crippen LogP contribution in [-0.4, -0.2) is 11.2 Å². The van der Waals surface area contributed by atoms with Gasteiger partial charge in [-0.25, -0.2) is 0 Å². The van der Waals surface area contributed by atoms with Crippen molar-refractivity contribution in [3.8, 4) is 11.8 Å². The molecule has 0 aliphatic heterocycles. The van der Waals surface area contributed by atoms with E-state index in [1.807, 2.05) is 42.5 Å². The first-order chi connectivity index (χ1) is 11.8. The second kappa shape index (κ2) is 42.8. The standard InChI is InChI=1S/C12H10O.5CO.W/c1-13-11-7-3-6-10-12-8-4-2-5-9-12;5*1-2;/h2,4-6,8-10H,1H3;;;;;;/b10-6+;;;;;;. The Morgan fingerprint density at radius 1 is 0.917 bits per heavy atom. The van der Waals surface area contributed by atoms with E-state index in [9.17, 15) is 0 Å². The van der Waals surface area contributed by atoms with Crippen molar-refractivity contribution in [3.63, 3.8) is 0 Å². The summed E-state index contributed by atoms with van der Waals surface area (Å²) in [7, 11) is 1.64. The van der Waals surface area contributed by atoms with E-state index >= 15 is 0 Å². The predicted molar refractivity (Wildman–Crippen MR) is 74.9 cm³/mol. The molecule has 0 heterocycles. The van der Waals surface area contributed by atoms with Gasteiger partial charge in [0, 0.05) is 0 Å². The molecule has 0 unspecified atom stereocenters. The van der Waals surface area contributed by atoms with Crippen LogP contribution in [0.15, 0.2) is 36.4 Å². The van der Waals surface area contributed by atoms with Gasteiger partial charge in [0.05, 0.1) is 0 Å². The Morgan fingerprint density at radius 2 is 1.33 bits per heavy atom. The molecule has 0 radical (unpaired) electrons. The van der Waals surface area contributed by atoms with Crippen LogP contribution in [0.25, 0.3) is 6.08 Å². The maximum atomic E-state index is 7.50. The van der Waals surface area contributed by atoms with Gasteiger partial charge in [-0.1, -0.05) is 0 Å². The maximum absolute atomic E-state index is 7.50. The van der Waals surface area contributed by atoms with Crippen LogP contribution in [-0.2, 0) is 47.4 Å². The predicted octanol–water partition coefficient (Wildman–Crippen LogP) is 1.84. The van der Waals surface area contributed by atoms with E-state index < -0.39 is 0 Å². The summed E-state index contributed by atoms with van der Waals surface area (Å²) in [5.41, 5.74) is 1.16. The Labute approximate surface area is 151 Å². The molecule has 0 saturated heterocycles. The molecule has 24 heavy (non-hydrogen) atoms. The first-order valence-corrected chi connectivity index (χ1v) is 6.63. The Bertz CT molecular complexity index is 548. The van der Waals surface area contributed by atoms with Gasteiger partial charge in [-0.2, -0.15) is 0 Å². The molecule has 0 spiro atoms. The van der Waals surface area contributed by atoms with Crippen molar-refractivity contribution in [2.24, 2.45) is 0 Å². The number of benzene rings is 1. The summed E-state index contributed by atoms with van der Waals surface area (Å²) in [5.74, 6) is 5.81. The van der Waals surface area contributed by atoms with Gasteiger partial charge < -0.3 is 0 Å². The molecule has 0 N–H and O–H groups in total. The molecule has 0 atom stereocenters. The van der Waals surface area contributed by atoms with Gasteiger partial charge in [0.15, 0.2) is 0 Å². The average molecular weight is 494 g/mol. The number of hydrogen-bond donors (Lipinski definition) is 0. The normalized spacial score (nSPS) is 5.96. The van der Waals surface area contributed by atoms with E-state index in [-0.39, 0.29) is 0 Å². The zero-order valence-corrected chi connectivity index (χ0v) is 15.3. The van der Waals surface area contributed by atoms with Gasteiger partial charge in [0.2, 0.25) is 0 Å². The topological polar surface area (TPSA) is 109 Å². The van der Waals surface area contributed by atoms with Gasteiger partial charge in [-0.15, -0.1) is 0 Å². The number of ether oxygens (including phenoxy) is 1. The molecular formula is C17H10O6W. The quantitative estimate of drug-likeness (QED) is 0.349. The third kappa shape index (κ3) is 31.9. The molecule has 1 rings (SSSR count). The van der Waals surface area contributed by atoms with Crippen molar-refractivity contribution in [2.45, 2.75) is 0 Å². The molecule has 1 aromatic carbocycles. The molecule has 0 saturated carbocycles. The molecular weight excluding hydrogens is 484 g/mol. The summed E-state index contributed by atoms with van der Waals surface area (Å²) in [6.45, 7) is 22.5. The molecule has 0 bridgehead atoms. The molecule has 7 heteroatoms. The van der Waals surface area contributed by atoms with Crippen LogP contribution < -0.4 is 0 Å². The van der Waals surface area contributed by atoms with Crippen molar-refractivity contribution in [3.05, 3.63) is 75.2 Å². The summed E-state index contributed by atoms with van der Waals surface area (Å²) in [6, 6.07) is 10.1. The fourth-order valence-corrected chi connectivity index (χ4v) is 1.07. The molecule has 0 aliphatic rings. The van der Waals surface area contributed by atoms with Crippen LogP contribution in [0.2, 0.25) is 0 Å². The number of hydrogen-bond acceptors (Lipinski definition) is 1. The van der Waals surface area contributed by atoms with E-state index in [4.69, 9.17) is 28.0 Å². The van der Waals surface area contributed by atoms with Crippen LogP contribution in [0.1, 0.15) is 5.56 Å². The molecule has 0 aliphatic carbocycles. The summed E-state index contributed by atoms with van der Waals surface area (Å²) in [6.07, 6.45) is 3.81. The fraction of sp³-hybridized carbons (Fsp3) is 0.0588. The van der Waals surface area contributed by atoms with Gasteiger partial charge in [0.25, 0.3) is 0 Å². The van der Waals surface area contributed by atoms with Gasteiger partial charge in [-0.3, -0.25) is 0 Å². The Hall–Kier alpha value is -2.26. The van der Waals surface area contributed by atoms with Gasteiger partial charge >= 0.3 is 152 Å². The van der Waals surface area contributed by atoms with E-state index in [0.717, 1.165) is 9.65 Å². The van der Waals surface area contributed by atoms with Crippen LogP contribution in [0.5, 0.6) is 0 Å². The van der Waals surface area contributed by atoms with E-state index in [2.05, 4.69) is 45.1 Å². The van der Waals surface area contributed by atoms with E-state index in [0.29, 0.717) is 0 Å². The van der Waals surface area contributed by atoms with Crippen LogP contribution >= 0.6 is 0 Å². The molecule has 120 valence electrons. The third-order valence-electron chi connectivity index (χ3n) is 1.52. The van der Waals surface area contributed by atoms with Crippen LogP contribution in [0, 0.1) is 45.1 Å². The first-order valence-electron chi connectivity index (χ1n) is 5.16. The number of rotatable bonds is 2. The third-order valence-corrected chi connectivity index (χ3v) is 2.48. The van der Waals surface area contributed by atoms with E-state index in [1.54, 1.807) is 7.11 Å². The Morgan fingerprint density at radius 3 is 1.71 bits per heavy atom. The summed E-state index contributed by atoms with van der Waals surface area (Å²) in [4.78, 5) is 0. The second-order valence-corrected chi connectivity index (χ2v) is 3.84. The average Bonchev–Trinajstić information content (AvgIpc) is 2.73. The molecule has 0 amide bonds. The summed E-state index contributed by atoms with van der Waals surface area (Å²) < 4.78 is 43.3. The van der Waals surface area contributed by atoms with Crippen LogP contribution in [0.4, 0.5) is 0 Å². The first kappa shape index (κ1) is 33.4. The van der Waals surface area contributed by atoms with Crippen molar-refractivity contribution in [1.82, 2.24) is 0 Å². The summed E-state index contributed by atoms with van der Waals surface area (Å²) >= 11 is 1.25. The van der Waals surface area contributed by atoms with Crippen molar-refractivity contribution >= 4 is 10.2 Å². The molecule has 0 aromatic heterocycles. The number of allylic oxidation sites excluding steroid dienone is 1. The van der Waals surface area contributed by atoms with E-state index in [1.165, 1.54) is 19.4 Å². The number of methoxy groups -OCH3 is 1. The molecule has 0 fully saturated rings. The minimum atomic E-state index is 0.808. The zero-order chi connectivity index (χ0) is 20.2. The minimum absolute atomic E-state index is 0.808. The van der Waals surface area contributed by atoms with Crippen LogP contribution in [0.3, 0.4) is 0 Å². The monoisotopic (exact) mass is 494 g/mol. The summed E-state index contributed by atoms with van der Waals surface area (Å²) in [5, 5.41) is 0. The Balaban J connectivity index is -0.000000103. The van der Waals surface area contributed by atoms with Crippen molar-refractivity contribution in [1.29, 1.82) is 0 Å². The molecule has 6 nitrogen and oxygen atoms in total. The fourth-order valence-electron chi connectivity index (χ4n) is 0.854. The van der Waals surface area contributed by atoms with Gasteiger partial charge in [-0.05, 0) is 0 Å². The van der Waals surface area contributed by atoms with Gasteiger partial charge in [0.1, 0.15) is 0 Å².